The van der Waals surface area contributed by atoms with Crippen LogP contribution in [0.4, 0.5) is 0 Å². The van der Waals surface area contributed by atoms with E-state index in [1.165, 1.54) is 0 Å². The highest BCUT2D eigenvalue weighted by atomic mass is 127. The van der Waals surface area contributed by atoms with Crippen LogP contribution >= 0.6 is 22.6 Å². The summed E-state index contributed by atoms with van der Waals surface area (Å²) in [5, 5.41) is 0. The van der Waals surface area contributed by atoms with Crippen molar-refractivity contribution in [2.75, 3.05) is 0 Å². The third-order valence-electron chi connectivity index (χ3n) is 2.85. The van der Waals surface area contributed by atoms with Gasteiger partial charge in [-0.1, -0.05) is 24.3 Å². The number of rotatable bonds is 5. The molecule has 0 aliphatic heterocycles. The Bertz CT molecular complexity index is 667. The van der Waals surface area contributed by atoms with E-state index in [2.05, 4.69) is 27.3 Å². The Morgan fingerprint density at radius 1 is 0.950 bits per heavy atom. The minimum Gasteiger partial charge on any atom is -0.326 e. The molecular formula is C14H15IN2O2S. The minimum absolute atomic E-state index is 0.263. The predicted molar refractivity (Wildman–Crippen MR) is 87.5 cm³/mol. The van der Waals surface area contributed by atoms with Crippen molar-refractivity contribution < 1.29 is 8.42 Å². The van der Waals surface area contributed by atoms with Crippen molar-refractivity contribution in [1.82, 2.24) is 4.72 Å². The molecule has 0 spiro atoms. The van der Waals surface area contributed by atoms with E-state index in [0.29, 0.717) is 6.54 Å². The molecule has 0 fully saturated rings. The molecule has 0 unspecified atom stereocenters. The van der Waals surface area contributed by atoms with Crippen molar-refractivity contribution in [3.63, 3.8) is 0 Å². The van der Waals surface area contributed by atoms with Gasteiger partial charge in [0.05, 0.1) is 4.90 Å². The Hall–Kier alpha value is -0.960. The van der Waals surface area contributed by atoms with Gasteiger partial charge in [-0.3, -0.25) is 0 Å². The van der Waals surface area contributed by atoms with Crippen LogP contribution < -0.4 is 10.5 Å². The van der Waals surface area contributed by atoms with Crippen LogP contribution in [0.2, 0.25) is 0 Å². The van der Waals surface area contributed by atoms with Gasteiger partial charge in [0.2, 0.25) is 10.0 Å². The van der Waals surface area contributed by atoms with Gasteiger partial charge in [-0.25, -0.2) is 13.1 Å². The van der Waals surface area contributed by atoms with Gasteiger partial charge in [-0.15, -0.1) is 0 Å². The summed E-state index contributed by atoms with van der Waals surface area (Å²) in [7, 11) is -3.47. The van der Waals surface area contributed by atoms with Crippen LogP contribution in [0.1, 0.15) is 11.1 Å². The molecule has 3 N–H and O–H groups in total. The van der Waals surface area contributed by atoms with Crippen LogP contribution in [0, 0.1) is 3.57 Å². The van der Waals surface area contributed by atoms with Gasteiger partial charge in [0.1, 0.15) is 0 Å². The fourth-order valence-electron chi connectivity index (χ4n) is 1.67. The zero-order valence-corrected chi connectivity index (χ0v) is 13.7. The first-order valence-corrected chi connectivity index (χ1v) is 8.60. The summed E-state index contributed by atoms with van der Waals surface area (Å²) < 4.78 is 27.8. The number of halogens is 1. The van der Waals surface area contributed by atoms with Gasteiger partial charge >= 0.3 is 0 Å². The summed E-state index contributed by atoms with van der Waals surface area (Å²) in [6.07, 6.45) is 0. The summed E-state index contributed by atoms with van der Waals surface area (Å²) in [5.41, 5.74) is 7.44. The lowest BCUT2D eigenvalue weighted by atomic mass is 10.1. The van der Waals surface area contributed by atoms with E-state index in [-0.39, 0.29) is 11.4 Å². The third-order valence-corrected chi connectivity index (χ3v) is 4.99. The topological polar surface area (TPSA) is 72.2 Å². The molecule has 106 valence electrons. The van der Waals surface area contributed by atoms with Crippen LogP contribution in [-0.4, -0.2) is 8.42 Å². The van der Waals surface area contributed by atoms with Gasteiger partial charge in [0.15, 0.2) is 0 Å². The fourth-order valence-corrected chi connectivity index (χ4v) is 3.05. The molecule has 0 saturated heterocycles. The van der Waals surface area contributed by atoms with Gasteiger partial charge in [0.25, 0.3) is 0 Å². The monoisotopic (exact) mass is 402 g/mol. The third kappa shape index (κ3) is 4.02. The van der Waals surface area contributed by atoms with Crippen LogP contribution in [0.25, 0.3) is 0 Å². The average molecular weight is 402 g/mol. The standard InChI is InChI=1S/C14H15IN2O2S/c15-13-5-7-14(8-6-13)20(18,19)17-10-12-3-1-11(9-16)2-4-12/h1-8,17H,9-10,16H2. The van der Waals surface area contributed by atoms with Gasteiger partial charge in [0, 0.05) is 16.7 Å². The first kappa shape index (κ1) is 15.4. The second-order valence-corrected chi connectivity index (χ2v) is 7.31. The first-order chi connectivity index (χ1) is 9.51. The normalized spacial score (nSPS) is 11.5. The van der Waals surface area contributed by atoms with Crippen LogP contribution in [0.15, 0.2) is 53.4 Å². The molecule has 0 aliphatic carbocycles. The zero-order valence-electron chi connectivity index (χ0n) is 10.7. The summed E-state index contributed by atoms with van der Waals surface area (Å²) in [4.78, 5) is 0.275. The Morgan fingerprint density at radius 3 is 2.05 bits per heavy atom. The van der Waals surface area contributed by atoms with Crippen molar-refractivity contribution >= 4 is 32.6 Å². The van der Waals surface area contributed by atoms with E-state index in [1.54, 1.807) is 24.3 Å². The maximum absolute atomic E-state index is 12.1. The number of benzene rings is 2. The summed E-state index contributed by atoms with van der Waals surface area (Å²) in [6, 6.07) is 14.3. The number of nitrogens with one attached hydrogen (secondary N) is 1. The lowest BCUT2D eigenvalue weighted by Gasteiger charge is -2.07. The van der Waals surface area contributed by atoms with Crippen molar-refractivity contribution in [2.24, 2.45) is 5.73 Å². The summed E-state index contributed by atoms with van der Waals surface area (Å²) in [6.45, 7) is 0.744. The fraction of sp³-hybridized carbons (Fsp3) is 0.143. The van der Waals surface area contributed by atoms with E-state index in [0.717, 1.165) is 14.7 Å². The minimum atomic E-state index is -3.47. The lowest BCUT2D eigenvalue weighted by Crippen LogP contribution is -2.23. The molecule has 0 heterocycles. The van der Waals surface area contributed by atoms with E-state index in [9.17, 15) is 8.42 Å². The molecule has 0 aliphatic rings. The van der Waals surface area contributed by atoms with Gasteiger partial charge < -0.3 is 5.73 Å². The quantitative estimate of drug-likeness (QED) is 0.754. The average Bonchev–Trinajstić information content (AvgIpc) is 2.46. The largest absolute Gasteiger partial charge is 0.326 e. The summed E-state index contributed by atoms with van der Waals surface area (Å²) in [5.74, 6) is 0. The SMILES string of the molecule is NCc1ccc(CNS(=O)(=O)c2ccc(I)cc2)cc1. The van der Waals surface area contributed by atoms with Crippen molar-refractivity contribution in [2.45, 2.75) is 18.0 Å². The van der Waals surface area contributed by atoms with Gasteiger partial charge in [-0.2, -0.15) is 0 Å². The molecule has 20 heavy (non-hydrogen) atoms. The number of hydrogen-bond donors (Lipinski definition) is 2. The Labute approximate surface area is 132 Å². The number of nitrogens with two attached hydrogens (primary N) is 1. The molecule has 2 aromatic rings. The zero-order chi connectivity index (χ0) is 14.6. The number of hydrogen-bond acceptors (Lipinski definition) is 3. The Kier molecular flexibility index (Phi) is 5.14. The van der Waals surface area contributed by atoms with E-state index in [4.69, 9.17) is 5.73 Å². The maximum Gasteiger partial charge on any atom is 0.240 e. The molecule has 0 saturated carbocycles. The molecule has 0 radical (unpaired) electrons. The van der Waals surface area contributed by atoms with Crippen LogP contribution in [0.5, 0.6) is 0 Å². The van der Waals surface area contributed by atoms with E-state index < -0.39 is 10.0 Å². The highest BCUT2D eigenvalue weighted by Gasteiger charge is 2.13. The second kappa shape index (κ2) is 6.66. The molecule has 0 bridgehead atoms. The number of sulfonamides is 1. The highest BCUT2D eigenvalue weighted by Crippen LogP contribution is 2.12. The van der Waals surface area contributed by atoms with Crippen molar-refractivity contribution in [3.05, 3.63) is 63.2 Å². The molecule has 6 heteroatoms. The molecule has 2 aromatic carbocycles. The summed E-state index contributed by atoms with van der Waals surface area (Å²) >= 11 is 2.14. The van der Waals surface area contributed by atoms with E-state index >= 15 is 0 Å². The predicted octanol–water partition coefficient (Wildman–Crippen LogP) is 2.23. The molecule has 0 amide bonds. The van der Waals surface area contributed by atoms with Crippen LogP contribution in [-0.2, 0) is 23.1 Å². The Morgan fingerprint density at radius 2 is 1.50 bits per heavy atom. The van der Waals surface area contributed by atoms with Crippen molar-refractivity contribution in [1.29, 1.82) is 0 Å². The van der Waals surface area contributed by atoms with E-state index in [1.807, 2.05) is 24.3 Å². The molecule has 0 aromatic heterocycles. The second-order valence-electron chi connectivity index (χ2n) is 4.30. The molecule has 4 nitrogen and oxygen atoms in total. The van der Waals surface area contributed by atoms with Gasteiger partial charge in [-0.05, 0) is 58.0 Å². The van der Waals surface area contributed by atoms with Crippen LogP contribution in [0.3, 0.4) is 0 Å². The highest BCUT2D eigenvalue weighted by molar-refractivity contribution is 14.1. The smallest absolute Gasteiger partial charge is 0.240 e. The molecule has 0 atom stereocenters. The molecule has 2 rings (SSSR count). The molecular weight excluding hydrogens is 387 g/mol. The first-order valence-electron chi connectivity index (χ1n) is 6.04. The maximum atomic E-state index is 12.1. The Balaban J connectivity index is 2.06. The lowest BCUT2D eigenvalue weighted by molar-refractivity contribution is 0.581. The van der Waals surface area contributed by atoms with Crippen molar-refractivity contribution in [3.8, 4) is 0 Å².